The highest BCUT2D eigenvalue weighted by molar-refractivity contribution is 6.20. The number of pyridine rings is 2. The number of nitrogens with one attached hydrogen (secondary N) is 1. The van der Waals surface area contributed by atoms with E-state index < -0.39 is 11.5 Å². The molecule has 2 amide bonds. The number of carbonyl (C=O) groups is 2. The van der Waals surface area contributed by atoms with Crippen LogP contribution in [0.4, 0.5) is 20.3 Å². The van der Waals surface area contributed by atoms with Crippen LogP contribution in [0.1, 0.15) is 26.4 Å². The van der Waals surface area contributed by atoms with E-state index in [1.54, 1.807) is 30.3 Å². The second-order valence-electron chi connectivity index (χ2n) is 8.60. The highest BCUT2D eigenvalue weighted by atomic mass is 35.5. The third-order valence-corrected chi connectivity index (χ3v) is 6.11. The fraction of sp³-hybridized carbons (Fsp3) is 0.280. The maximum absolute atomic E-state index is 13.0. The molecule has 0 radical (unpaired) electrons. The number of halogens is 3. The van der Waals surface area contributed by atoms with E-state index in [2.05, 4.69) is 24.9 Å². The van der Waals surface area contributed by atoms with E-state index in [9.17, 15) is 18.4 Å². The van der Waals surface area contributed by atoms with Gasteiger partial charge in [-0.25, -0.2) is 4.98 Å². The van der Waals surface area contributed by atoms with Crippen molar-refractivity contribution < 1.29 is 27.8 Å². The number of aromatic nitrogens is 2. The van der Waals surface area contributed by atoms with Crippen LogP contribution in [-0.4, -0.2) is 65.6 Å². The second-order valence-corrected chi connectivity index (χ2v) is 9.04. The Morgan fingerprint density at radius 1 is 1.11 bits per heavy atom. The van der Waals surface area contributed by atoms with Crippen LogP contribution in [-0.2, 0) is 11.3 Å². The van der Waals surface area contributed by atoms with Gasteiger partial charge in [-0.2, -0.15) is 0 Å². The Bertz CT molecular complexity index is 1340. The molecule has 0 spiro atoms. The molecule has 2 aliphatic rings. The number of carbonyl (C=O) groups excluding carboxylic acids is 2. The first-order chi connectivity index (χ1) is 17.7. The summed E-state index contributed by atoms with van der Waals surface area (Å²) in [5.74, 6) is -0.0629. The second kappa shape index (κ2) is 9.91. The van der Waals surface area contributed by atoms with Gasteiger partial charge in [0.05, 0.1) is 36.6 Å². The molecular weight excluding hydrogens is 508 g/mol. The van der Waals surface area contributed by atoms with Crippen LogP contribution >= 0.6 is 11.6 Å². The summed E-state index contributed by atoms with van der Waals surface area (Å²) in [6.07, 6.45) is 3.15. The summed E-state index contributed by atoms with van der Waals surface area (Å²) < 4.78 is 35.4. The Kier molecular flexibility index (Phi) is 6.65. The Hall–Kier alpha value is -3.83. The molecule has 2 aromatic heterocycles. The average molecular weight is 530 g/mol. The first kappa shape index (κ1) is 24.8. The summed E-state index contributed by atoms with van der Waals surface area (Å²) in [5, 5.41) is 2.72. The minimum atomic E-state index is -3.83. The number of anilines is 2. The molecule has 9 nitrogen and oxygen atoms in total. The van der Waals surface area contributed by atoms with Crippen LogP contribution in [0.25, 0.3) is 11.1 Å². The zero-order valence-electron chi connectivity index (χ0n) is 19.7. The van der Waals surface area contributed by atoms with Gasteiger partial charge in [-0.1, -0.05) is 0 Å². The average Bonchev–Trinajstić information content (AvgIpc) is 3.17. The van der Waals surface area contributed by atoms with Crippen LogP contribution in [0.3, 0.4) is 0 Å². The molecular formula is C25H22ClF2N5O4. The molecule has 0 unspecified atom stereocenters. The maximum Gasteiger partial charge on any atom is 0.487 e. The molecule has 3 aromatic rings. The SMILES string of the molecule is CN1Cc2ncc(-c3cc(C(=O)Nc4ccc(OC(F)(F)Cl)cc4)cnc3N3CCOCC3)cc2C1=O. The third-order valence-electron chi connectivity index (χ3n) is 6.03. The number of amides is 2. The first-order valence-electron chi connectivity index (χ1n) is 11.4. The molecule has 0 atom stereocenters. The number of fused-ring (bicyclic) bond motifs is 1. The number of nitrogens with zero attached hydrogens (tertiary/aromatic N) is 4. The molecule has 1 fully saturated rings. The topological polar surface area (TPSA) is 96.9 Å². The smallest absolute Gasteiger partial charge is 0.420 e. The van der Waals surface area contributed by atoms with Crippen LogP contribution in [0.15, 0.2) is 48.8 Å². The van der Waals surface area contributed by atoms with E-state index in [4.69, 9.17) is 16.3 Å². The summed E-state index contributed by atoms with van der Waals surface area (Å²) in [5.41, 5.74) is -0.667. The monoisotopic (exact) mass is 529 g/mol. The molecule has 192 valence electrons. The van der Waals surface area contributed by atoms with Crippen molar-refractivity contribution in [3.05, 3.63) is 65.6 Å². The van der Waals surface area contributed by atoms with E-state index in [0.717, 1.165) is 0 Å². The summed E-state index contributed by atoms with van der Waals surface area (Å²) >= 11 is 4.78. The standard InChI is InChI=1S/C25H22ClF2N5O4/c1-32-14-21-20(24(32)35)10-15(12-29-21)19-11-16(13-30-22(19)33-6-8-36-9-7-33)23(34)31-17-2-4-18(5-3-17)37-25(26,27)28/h2-5,10-13H,6-9,14H2,1H3,(H,31,34). The number of hydrogen-bond donors (Lipinski definition) is 1. The van der Waals surface area contributed by atoms with E-state index in [1.165, 1.54) is 30.5 Å². The number of benzene rings is 1. The van der Waals surface area contributed by atoms with Crippen molar-refractivity contribution in [1.82, 2.24) is 14.9 Å². The van der Waals surface area contributed by atoms with Crippen molar-refractivity contribution in [2.75, 3.05) is 43.6 Å². The lowest BCUT2D eigenvalue weighted by molar-refractivity contribution is -0.0964. The summed E-state index contributed by atoms with van der Waals surface area (Å²) in [4.78, 5) is 38.4. The Morgan fingerprint density at radius 3 is 2.54 bits per heavy atom. The molecule has 37 heavy (non-hydrogen) atoms. The van der Waals surface area contributed by atoms with Crippen LogP contribution in [0.2, 0.25) is 0 Å². The Morgan fingerprint density at radius 2 is 1.84 bits per heavy atom. The summed E-state index contributed by atoms with van der Waals surface area (Å²) in [7, 11) is 1.72. The Balaban J connectivity index is 1.45. The molecule has 0 aliphatic carbocycles. The molecule has 1 aromatic carbocycles. The van der Waals surface area contributed by atoms with Crippen molar-refractivity contribution in [2.45, 2.75) is 12.1 Å². The van der Waals surface area contributed by atoms with Gasteiger partial charge in [-0.15, -0.1) is 8.78 Å². The van der Waals surface area contributed by atoms with E-state index in [0.29, 0.717) is 66.7 Å². The zero-order valence-corrected chi connectivity index (χ0v) is 20.5. The first-order valence-corrected chi connectivity index (χ1v) is 11.8. The number of morpholine rings is 1. The fourth-order valence-electron chi connectivity index (χ4n) is 4.22. The normalized spacial score (nSPS) is 15.5. The van der Waals surface area contributed by atoms with Crippen molar-refractivity contribution in [1.29, 1.82) is 0 Å². The number of rotatable bonds is 6. The van der Waals surface area contributed by atoms with Crippen LogP contribution in [0.5, 0.6) is 5.75 Å². The Labute approximate surface area is 216 Å². The van der Waals surface area contributed by atoms with Gasteiger partial charge >= 0.3 is 5.57 Å². The minimum Gasteiger partial charge on any atom is -0.420 e. The van der Waals surface area contributed by atoms with Crippen molar-refractivity contribution >= 4 is 34.9 Å². The number of alkyl halides is 3. The summed E-state index contributed by atoms with van der Waals surface area (Å²) in [6.45, 7) is 2.79. The lowest BCUT2D eigenvalue weighted by Crippen LogP contribution is -2.37. The fourth-order valence-corrected chi connectivity index (χ4v) is 4.31. The summed E-state index contributed by atoms with van der Waals surface area (Å²) in [6, 6.07) is 8.84. The van der Waals surface area contributed by atoms with Gasteiger partial charge < -0.3 is 24.6 Å². The number of ether oxygens (including phenoxy) is 2. The quantitative estimate of drug-likeness (QED) is 0.482. The predicted octanol–water partition coefficient (Wildman–Crippen LogP) is 3.99. The lowest BCUT2D eigenvalue weighted by atomic mass is 10.0. The predicted molar refractivity (Wildman–Crippen MR) is 132 cm³/mol. The molecule has 5 rings (SSSR count). The molecule has 0 saturated carbocycles. The highest BCUT2D eigenvalue weighted by Gasteiger charge is 2.28. The van der Waals surface area contributed by atoms with Crippen molar-refractivity contribution in [3.8, 4) is 16.9 Å². The van der Waals surface area contributed by atoms with Crippen molar-refractivity contribution in [3.63, 3.8) is 0 Å². The lowest BCUT2D eigenvalue weighted by Gasteiger charge is -2.29. The molecule has 4 heterocycles. The van der Waals surface area contributed by atoms with Gasteiger partial charge in [0.25, 0.3) is 11.8 Å². The highest BCUT2D eigenvalue weighted by Crippen LogP contribution is 2.33. The van der Waals surface area contributed by atoms with Gasteiger partial charge in [-0.05, 0) is 36.4 Å². The maximum atomic E-state index is 13.0. The van der Waals surface area contributed by atoms with E-state index in [1.807, 2.05) is 0 Å². The molecule has 0 bridgehead atoms. The van der Waals surface area contributed by atoms with Gasteiger partial charge in [0.2, 0.25) is 0 Å². The van der Waals surface area contributed by atoms with Gasteiger partial charge in [0.15, 0.2) is 0 Å². The van der Waals surface area contributed by atoms with Crippen LogP contribution < -0.4 is 15.0 Å². The van der Waals surface area contributed by atoms with Crippen molar-refractivity contribution in [2.24, 2.45) is 0 Å². The van der Waals surface area contributed by atoms with Gasteiger partial charge in [-0.3, -0.25) is 14.6 Å². The zero-order chi connectivity index (χ0) is 26.2. The number of hydrogen-bond acceptors (Lipinski definition) is 7. The minimum absolute atomic E-state index is 0.113. The van der Waals surface area contributed by atoms with E-state index >= 15 is 0 Å². The van der Waals surface area contributed by atoms with Gasteiger partial charge in [0.1, 0.15) is 11.6 Å². The molecule has 2 aliphatic heterocycles. The van der Waals surface area contributed by atoms with E-state index in [-0.39, 0.29) is 17.2 Å². The van der Waals surface area contributed by atoms with Gasteiger partial charge in [0, 0.05) is 60.9 Å². The molecule has 12 heteroatoms. The molecule has 1 saturated heterocycles. The third kappa shape index (κ3) is 5.47. The van der Waals surface area contributed by atoms with Crippen LogP contribution in [0, 0.1) is 0 Å². The largest absolute Gasteiger partial charge is 0.487 e. The molecule has 1 N–H and O–H groups in total.